The molecule has 0 aromatic carbocycles. The Morgan fingerprint density at radius 1 is 1.47 bits per heavy atom. The molecular formula is C9H16N6O4. The highest BCUT2D eigenvalue weighted by Crippen LogP contribution is 1.97. The smallest absolute Gasteiger partial charge is 0.315 e. The van der Waals surface area contributed by atoms with Crippen LogP contribution >= 0.6 is 0 Å². The number of nitrogens with one attached hydrogen (secondary N) is 3. The van der Waals surface area contributed by atoms with Gasteiger partial charge in [0, 0.05) is 13.2 Å². The first-order valence-electron chi connectivity index (χ1n) is 5.69. The number of hydrogen-bond acceptors (Lipinski definition) is 6. The molecule has 0 aliphatic rings. The maximum Gasteiger partial charge on any atom is 0.315 e. The molecule has 10 nitrogen and oxygen atoms in total. The van der Waals surface area contributed by atoms with Crippen molar-refractivity contribution in [2.45, 2.75) is 26.0 Å². The number of urea groups is 1. The number of carbonyl (C=O) groups is 2. The molecule has 0 bridgehead atoms. The van der Waals surface area contributed by atoms with Gasteiger partial charge in [0.2, 0.25) is 0 Å². The Morgan fingerprint density at radius 2 is 2.26 bits per heavy atom. The van der Waals surface area contributed by atoms with Crippen molar-refractivity contribution < 1.29 is 19.4 Å². The summed E-state index contributed by atoms with van der Waals surface area (Å²) in [7, 11) is 0. The number of carboxylic acids is 1. The zero-order valence-corrected chi connectivity index (χ0v) is 10.4. The lowest BCUT2D eigenvalue weighted by molar-refractivity contribution is -0.140. The molecule has 1 atom stereocenters. The monoisotopic (exact) mass is 272 g/mol. The number of carboxylic acid groups (broad SMARTS) is 1. The van der Waals surface area contributed by atoms with Gasteiger partial charge in [0.05, 0.1) is 19.1 Å². The van der Waals surface area contributed by atoms with Crippen LogP contribution in [0.1, 0.15) is 19.2 Å². The van der Waals surface area contributed by atoms with Crippen LogP contribution in [0.2, 0.25) is 0 Å². The minimum Gasteiger partial charge on any atom is -0.481 e. The summed E-state index contributed by atoms with van der Waals surface area (Å²) in [5.41, 5.74) is 0. The molecule has 0 fully saturated rings. The molecule has 1 aromatic rings. The average molecular weight is 272 g/mol. The van der Waals surface area contributed by atoms with Gasteiger partial charge in [0.15, 0.2) is 5.82 Å². The first kappa shape index (κ1) is 14.8. The first-order chi connectivity index (χ1) is 9.11. The summed E-state index contributed by atoms with van der Waals surface area (Å²) >= 11 is 0. The normalized spacial score (nSPS) is 11.8. The average Bonchev–Trinajstić information content (AvgIpc) is 2.86. The Kier molecular flexibility index (Phi) is 6.22. The fourth-order valence-electron chi connectivity index (χ4n) is 1.31. The van der Waals surface area contributed by atoms with E-state index in [9.17, 15) is 9.59 Å². The standard InChI is InChI=1S/C9H16N6O4/c1-2-19-6(3-8(16)17)4-10-9(18)11-5-7-12-14-15-13-7/h6H,2-5H2,1H3,(H,16,17)(H2,10,11,18)(H,12,13,14,15). The topological polar surface area (TPSA) is 142 Å². The third kappa shape index (κ3) is 6.31. The van der Waals surface area contributed by atoms with Gasteiger partial charge in [-0.15, -0.1) is 10.2 Å². The van der Waals surface area contributed by atoms with Gasteiger partial charge in [-0.3, -0.25) is 4.79 Å². The van der Waals surface area contributed by atoms with Crippen molar-refractivity contribution in [3.05, 3.63) is 5.82 Å². The Labute approximate surface area is 108 Å². The molecule has 1 rings (SSSR count). The van der Waals surface area contributed by atoms with Crippen LogP contribution in [0.4, 0.5) is 4.79 Å². The Balaban J connectivity index is 2.24. The van der Waals surface area contributed by atoms with E-state index in [2.05, 4.69) is 31.3 Å². The number of aliphatic carboxylic acids is 1. The molecule has 0 radical (unpaired) electrons. The number of tetrazole rings is 1. The third-order valence-electron chi connectivity index (χ3n) is 2.09. The fourth-order valence-corrected chi connectivity index (χ4v) is 1.31. The first-order valence-corrected chi connectivity index (χ1v) is 5.69. The van der Waals surface area contributed by atoms with E-state index in [1.165, 1.54) is 0 Å². The van der Waals surface area contributed by atoms with Crippen LogP contribution in [-0.2, 0) is 16.1 Å². The van der Waals surface area contributed by atoms with Crippen LogP contribution in [-0.4, -0.2) is 57.0 Å². The number of ether oxygens (including phenoxy) is 1. The predicted octanol–water partition coefficient (Wildman–Crippen LogP) is -1.12. The molecule has 0 aliphatic heterocycles. The van der Waals surface area contributed by atoms with Crippen LogP contribution < -0.4 is 10.6 Å². The van der Waals surface area contributed by atoms with Gasteiger partial charge >= 0.3 is 12.0 Å². The number of hydrogen-bond donors (Lipinski definition) is 4. The summed E-state index contributed by atoms with van der Waals surface area (Å²) in [5, 5.41) is 26.6. The molecular weight excluding hydrogens is 256 g/mol. The molecule has 10 heteroatoms. The van der Waals surface area contributed by atoms with Crippen molar-refractivity contribution >= 4 is 12.0 Å². The lowest BCUT2D eigenvalue weighted by atomic mass is 10.2. The fraction of sp³-hybridized carbons (Fsp3) is 0.667. The number of rotatable bonds is 8. The van der Waals surface area contributed by atoms with Gasteiger partial charge in [-0.1, -0.05) is 5.21 Å². The molecule has 0 spiro atoms. The van der Waals surface area contributed by atoms with Crippen molar-refractivity contribution in [1.29, 1.82) is 0 Å². The Bertz CT molecular complexity index is 395. The van der Waals surface area contributed by atoms with Crippen molar-refractivity contribution in [2.24, 2.45) is 0 Å². The second kappa shape index (κ2) is 7.97. The summed E-state index contributed by atoms with van der Waals surface area (Å²) in [5.74, 6) is -0.630. The molecule has 106 valence electrons. The van der Waals surface area contributed by atoms with E-state index < -0.39 is 18.1 Å². The number of H-pyrrole nitrogens is 1. The third-order valence-corrected chi connectivity index (χ3v) is 2.09. The van der Waals surface area contributed by atoms with E-state index in [1.807, 2.05) is 0 Å². The van der Waals surface area contributed by atoms with Crippen LogP contribution in [0.3, 0.4) is 0 Å². The number of aromatic nitrogens is 4. The van der Waals surface area contributed by atoms with Gasteiger partial charge in [0.25, 0.3) is 0 Å². The second-order valence-electron chi connectivity index (χ2n) is 3.57. The minimum absolute atomic E-state index is 0.109. The van der Waals surface area contributed by atoms with Crippen molar-refractivity contribution in [3.63, 3.8) is 0 Å². The van der Waals surface area contributed by atoms with Crippen LogP contribution in [0.5, 0.6) is 0 Å². The SMILES string of the molecule is CCOC(CNC(=O)NCc1nn[nH]n1)CC(=O)O. The number of nitrogens with zero attached hydrogens (tertiary/aromatic N) is 3. The molecule has 1 unspecified atom stereocenters. The highest BCUT2D eigenvalue weighted by molar-refractivity contribution is 5.74. The van der Waals surface area contributed by atoms with Crippen molar-refractivity contribution in [3.8, 4) is 0 Å². The number of aromatic amines is 1. The van der Waals surface area contributed by atoms with E-state index in [0.29, 0.717) is 12.4 Å². The lowest BCUT2D eigenvalue weighted by Crippen LogP contribution is -2.41. The number of amides is 2. The maximum atomic E-state index is 11.4. The van der Waals surface area contributed by atoms with Gasteiger partial charge in [-0.2, -0.15) is 5.21 Å². The second-order valence-corrected chi connectivity index (χ2v) is 3.57. The van der Waals surface area contributed by atoms with Gasteiger partial charge in [-0.05, 0) is 6.92 Å². The summed E-state index contributed by atoms with van der Waals surface area (Å²) < 4.78 is 5.19. The molecule has 1 heterocycles. The highest BCUT2D eigenvalue weighted by atomic mass is 16.5. The number of carbonyl (C=O) groups excluding carboxylic acids is 1. The molecule has 0 saturated heterocycles. The summed E-state index contributed by atoms with van der Waals surface area (Å²) in [6.45, 7) is 2.37. The van der Waals surface area contributed by atoms with E-state index >= 15 is 0 Å². The van der Waals surface area contributed by atoms with E-state index in [1.54, 1.807) is 6.92 Å². The molecule has 1 aromatic heterocycles. The summed E-state index contributed by atoms with van der Waals surface area (Å²) in [6.07, 6.45) is -0.725. The minimum atomic E-state index is -0.979. The zero-order chi connectivity index (χ0) is 14.1. The van der Waals surface area contributed by atoms with E-state index in [0.717, 1.165) is 0 Å². The van der Waals surface area contributed by atoms with E-state index in [-0.39, 0.29) is 19.5 Å². The Morgan fingerprint density at radius 3 is 2.84 bits per heavy atom. The van der Waals surface area contributed by atoms with Gasteiger partial charge in [-0.25, -0.2) is 4.79 Å². The van der Waals surface area contributed by atoms with Gasteiger partial charge in [0.1, 0.15) is 0 Å². The molecule has 2 amide bonds. The molecule has 19 heavy (non-hydrogen) atoms. The molecule has 4 N–H and O–H groups in total. The molecule has 0 saturated carbocycles. The summed E-state index contributed by atoms with van der Waals surface area (Å²) in [6, 6.07) is -0.458. The van der Waals surface area contributed by atoms with Crippen molar-refractivity contribution in [1.82, 2.24) is 31.3 Å². The Hall–Kier alpha value is -2.23. The summed E-state index contributed by atoms with van der Waals surface area (Å²) in [4.78, 5) is 22.0. The lowest BCUT2D eigenvalue weighted by Gasteiger charge is -2.15. The zero-order valence-electron chi connectivity index (χ0n) is 10.4. The largest absolute Gasteiger partial charge is 0.481 e. The predicted molar refractivity (Wildman–Crippen MR) is 62.1 cm³/mol. The van der Waals surface area contributed by atoms with Crippen LogP contribution in [0.25, 0.3) is 0 Å². The van der Waals surface area contributed by atoms with Crippen LogP contribution in [0, 0.1) is 0 Å². The van der Waals surface area contributed by atoms with Crippen LogP contribution in [0.15, 0.2) is 0 Å². The van der Waals surface area contributed by atoms with Crippen molar-refractivity contribution in [2.75, 3.05) is 13.2 Å². The van der Waals surface area contributed by atoms with Gasteiger partial charge < -0.3 is 20.5 Å². The highest BCUT2D eigenvalue weighted by Gasteiger charge is 2.14. The van der Waals surface area contributed by atoms with E-state index in [4.69, 9.17) is 9.84 Å². The maximum absolute atomic E-state index is 11.4. The molecule has 0 aliphatic carbocycles. The quantitative estimate of drug-likeness (QED) is 0.469.